The number of hydrogen-bond acceptors (Lipinski definition) is 3. The lowest BCUT2D eigenvalue weighted by Crippen LogP contribution is -2.81. The molecule has 1 spiro atoms. The van der Waals surface area contributed by atoms with E-state index in [9.17, 15) is 5.11 Å². The summed E-state index contributed by atoms with van der Waals surface area (Å²) in [6.07, 6.45) is 10.6. The van der Waals surface area contributed by atoms with Crippen LogP contribution in [0.3, 0.4) is 0 Å². The van der Waals surface area contributed by atoms with E-state index in [0.717, 1.165) is 71.1 Å². The summed E-state index contributed by atoms with van der Waals surface area (Å²) in [6, 6.07) is 5.78. The van der Waals surface area contributed by atoms with Crippen molar-refractivity contribution in [2.24, 2.45) is 58.7 Å². The highest BCUT2D eigenvalue weighted by molar-refractivity contribution is 5.40. The fourth-order valence-corrected chi connectivity index (χ4v) is 11.7. The van der Waals surface area contributed by atoms with Crippen LogP contribution in [-0.2, 0) is 6.54 Å². The van der Waals surface area contributed by atoms with Crippen molar-refractivity contribution >= 4 is 0 Å². The van der Waals surface area contributed by atoms with Crippen LogP contribution < -0.4 is 10.1 Å². The van der Waals surface area contributed by atoms with Crippen molar-refractivity contribution in [1.29, 1.82) is 0 Å². The predicted octanol–water partition coefficient (Wildman–Crippen LogP) is 4.59. The first-order chi connectivity index (χ1) is 14.1. The molecule has 10 aliphatic rings. The lowest BCUT2D eigenvalue weighted by Gasteiger charge is -2.84. The summed E-state index contributed by atoms with van der Waals surface area (Å²) in [6.45, 7) is 0.796. The van der Waals surface area contributed by atoms with Gasteiger partial charge in [-0.05, 0) is 110 Å². The Morgan fingerprint density at radius 3 is 2.38 bits per heavy atom. The molecular weight excluding hydrogens is 358 g/mol. The zero-order chi connectivity index (χ0) is 19.1. The third kappa shape index (κ3) is 1.76. The minimum atomic E-state index is 0.337. The second kappa shape index (κ2) is 4.98. The van der Waals surface area contributed by atoms with Crippen LogP contribution in [0.5, 0.6) is 11.5 Å². The Labute approximate surface area is 173 Å². The van der Waals surface area contributed by atoms with Crippen LogP contribution in [0.4, 0.5) is 0 Å². The number of methoxy groups -OCH3 is 1. The summed E-state index contributed by atoms with van der Waals surface area (Å²) in [5.74, 6) is 10.8. The second-order valence-electron chi connectivity index (χ2n) is 12.3. The fourth-order valence-electron chi connectivity index (χ4n) is 11.7. The maximum absolute atomic E-state index is 10.5. The third-order valence-corrected chi connectivity index (χ3v) is 11.7. The van der Waals surface area contributed by atoms with Gasteiger partial charge in [-0.1, -0.05) is 6.07 Å². The van der Waals surface area contributed by atoms with E-state index in [1.165, 1.54) is 19.3 Å². The molecule has 0 saturated heterocycles. The van der Waals surface area contributed by atoms with Crippen LogP contribution in [0.15, 0.2) is 18.2 Å². The van der Waals surface area contributed by atoms with Gasteiger partial charge >= 0.3 is 0 Å². The Balaban J connectivity index is 1.15. The Kier molecular flexibility index (Phi) is 2.83. The molecule has 1 aromatic rings. The lowest BCUT2D eigenvalue weighted by atomic mass is 9.21. The molecule has 29 heavy (non-hydrogen) atoms. The molecule has 2 N–H and O–H groups in total. The molecule has 10 aliphatic carbocycles. The third-order valence-electron chi connectivity index (χ3n) is 11.7. The van der Waals surface area contributed by atoms with E-state index in [4.69, 9.17) is 4.74 Å². The maximum atomic E-state index is 10.5. The molecule has 154 valence electrons. The molecule has 0 amide bonds. The van der Waals surface area contributed by atoms with Gasteiger partial charge < -0.3 is 15.2 Å². The first kappa shape index (κ1) is 16.5. The van der Waals surface area contributed by atoms with E-state index in [2.05, 4.69) is 5.32 Å². The van der Waals surface area contributed by atoms with E-state index in [1.807, 2.05) is 12.1 Å². The van der Waals surface area contributed by atoms with Crippen molar-refractivity contribution in [1.82, 2.24) is 5.32 Å². The smallest absolute Gasteiger partial charge is 0.123 e. The van der Waals surface area contributed by atoms with Gasteiger partial charge in [-0.3, -0.25) is 0 Å². The molecule has 0 aliphatic heterocycles. The van der Waals surface area contributed by atoms with Crippen LogP contribution in [0.25, 0.3) is 0 Å². The zero-order valence-electron chi connectivity index (χ0n) is 17.4. The van der Waals surface area contributed by atoms with E-state index in [1.54, 1.807) is 38.9 Å². The molecular formula is C26H33NO2. The van der Waals surface area contributed by atoms with Crippen LogP contribution in [0, 0.1) is 58.7 Å². The highest BCUT2D eigenvalue weighted by atomic mass is 16.5. The first-order valence-corrected chi connectivity index (χ1v) is 12.2. The van der Waals surface area contributed by atoms with Gasteiger partial charge in [0, 0.05) is 23.7 Å². The average Bonchev–Trinajstić information content (AvgIpc) is 2.71. The van der Waals surface area contributed by atoms with Gasteiger partial charge in [0.2, 0.25) is 0 Å². The summed E-state index contributed by atoms with van der Waals surface area (Å²) in [7, 11) is 1.66. The fraction of sp³-hybridized carbons (Fsp3) is 0.769. The number of phenolic OH excluding ortho intramolecular Hbond substituents is 1. The van der Waals surface area contributed by atoms with Crippen molar-refractivity contribution in [3.63, 3.8) is 0 Å². The van der Waals surface area contributed by atoms with Crippen molar-refractivity contribution in [2.45, 2.75) is 57.0 Å². The van der Waals surface area contributed by atoms with Crippen LogP contribution in [0.1, 0.15) is 50.5 Å². The number of ether oxygens (including phenoxy) is 1. The van der Waals surface area contributed by atoms with Gasteiger partial charge in [0.25, 0.3) is 0 Å². The van der Waals surface area contributed by atoms with Crippen LogP contribution in [0.2, 0.25) is 0 Å². The van der Waals surface area contributed by atoms with Crippen molar-refractivity contribution in [2.75, 3.05) is 7.11 Å². The molecule has 3 heteroatoms. The topological polar surface area (TPSA) is 41.5 Å². The Morgan fingerprint density at radius 1 is 0.966 bits per heavy atom. The molecule has 10 fully saturated rings. The molecule has 0 aromatic heterocycles. The summed E-state index contributed by atoms with van der Waals surface area (Å²) in [5.41, 5.74) is 2.06. The quantitative estimate of drug-likeness (QED) is 0.789. The summed E-state index contributed by atoms with van der Waals surface area (Å²) in [4.78, 5) is 0. The first-order valence-electron chi connectivity index (χ1n) is 12.2. The Morgan fingerprint density at radius 2 is 1.69 bits per heavy atom. The summed E-state index contributed by atoms with van der Waals surface area (Å²) < 4.78 is 5.27. The van der Waals surface area contributed by atoms with E-state index in [-0.39, 0.29) is 0 Å². The number of benzene rings is 1. The van der Waals surface area contributed by atoms with Gasteiger partial charge in [0.05, 0.1) is 7.11 Å². The van der Waals surface area contributed by atoms with Gasteiger partial charge in [-0.25, -0.2) is 0 Å². The van der Waals surface area contributed by atoms with Crippen molar-refractivity contribution in [3.8, 4) is 11.5 Å². The Hall–Kier alpha value is -1.22. The summed E-state index contributed by atoms with van der Waals surface area (Å²) in [5, 5.41) is 14.6. The molecule has 11 rings (SSSR count). The molecule has 0 radical (unpaired) electrons. The van der Waals surface area contributed by atoms with Crippen molar-refractivity contribution < 1.29 is 9.84 Å². The molecule has 6 unspecified atom stereocenters. The Bertz CT molecular complexity index is 878. The second-order valence-corrected chi connectivity index (χ2v) is 12.3. The highest BCUT2D eigenvalue weighted by Gasteiger charge is 2.80. The van der Waals surface area contributed by atoms with E-state index >= 15 is 0 Å². The molecule has 0 heterocycles. The van der Waals surface area contributed by atoms with E-state index in [0.29, 0.717) is 16.7 Å². The standard InChI is InChI=1S/C26H33NO2/c1-29-15-3-2-14(22(28)6-15)11-27-25-9-20-17-7-16-18-4-13-5-19(16)24(21(17)10-25)26(8-13,12-25)23(18)20/h2-3,6,13,16-21,23-24,27-28H,4-5,7-12H2,1H3. The van der Waals surface area contributed by atoms with Crippen LogP contribution >= 0.6 is 0 Å². The van der Waals surface area contributed by atoms with Gasteiger partial charge in [-0.15, -0.1) is 0 Å². The minimum absolute atomic E-state index is 0.337. The molecule has 10 saturated carbocycles. The van der Waals surface area contributed by atoms with Crippen LogP contribution in [-0.4, -0.2) is 17.8 Å². The zero-order valence-corrected chi connectivity index (χ0v) is 17.4. The normalized spacial score (nSPS) is 56.5. The molecule has 6 atom stereocenters. The van der Waals surface area contributed by atoms with Gasteiger partial charge in [-0.2, -0.15) is 0 Å². The number of aromatic hydroxyl groups is 1. The summed E-state index contributed by atoms with van der Waals surface area (Å²) >= 11 is 0. The minimum Gasteiger partial charge on any atom is -0.507 e. The van der Waals surface area contributed by atoms with Gasteiger partial charge in [0.1, 0.15) is 11.5 Å². The van der Waals surface area contributed by atoms with Crippen molar-refractivity contribution in [3.05, 3.63) is 23.8 Å². The number of nitrogens with one attached hydrogen (secondary N) is 1. The highest BCUT2D eigenvalue weighted by Crippen LogP contribution is 2.85. The lowest BCUT2D eigenvalue weighted by molar-refractivity contribution is -0.353. The maximum Gasteiger partial charge on any atom is 0.123 e. The number of hydrogen-bond donors (Lipinski definition) is 2. The van der Waals surface area contributed by atoms with Gasteiger partial charge in [0.15, 0.2) is 0 Å². The monoisotopic (exact) mass is 391 g/mol. The molecule has 3 nitrogen and oxygen atoms in total. The molecule has 1 aromatic carbocycles. The number of phenols is 1. The molecule has 11 bridgehead atoms. The van der Waals surface area contributed by atoms with E-state index < -0.39 is 0 Å². The average molecular weight is 392 g/mol. The SMILES string of the molecule is COc1ccc(CNC23CC4C5CC6C7CC8CC6C(C5C2)C(C8)(C3)C74)c(O)c1. The largest absolute Gasteiger partial charge is 0.507 e. The predicted molar refractivity (Wildman–Crippen MR) is 110 cm³/mol. The number of rotatable bonds is 4.